The highest BCUT2D eigenvalue weighted by Crippen LogP contribution is 2.27. The fraction of sp³-hybridized carbons (Fsp3) is 0.429. The summed E-state index contributed by atoms with van der Waals surface area (Å²) in [5.74, 6) is 1.20. The van der Waals surface area contributed by atoms with Gasteiger partial charge in [0.2, 0.25) is 11.8 Å². The Kier molecular flexibility index (Phi) is 4.14. The first-order chi connectivity index (χ1) is 9.78. The molecule has 3 rings (SSSR count). The summed E-state index contributed by atoms with van der Waals surface area (Å²) in [7, 11) is 0. The standard InChI is InChI=1S/C14H17BrN4O/c15-12-6-2-1-5-11(12)14-18-17-13(20-14)9-19-7-3-4-10(19)8-16/h1-2,5-6,10H,3-4,7-9,16H2. The van der Waals surface area contributed by atoms with Gasteiger partial charge in [-0.1, -0.05) is 12.1 Å². The number of likely N-dealkylation sites (tertiary alicyclic amines) is 1. The summed E-state index contributed by atoms with van der Waals surface area (Å²) in [5, 5.41) is 8.28. The van der Waals surface area contributed by atoms with Crippen LogP contribution in [0, 0.1) is 0 Å². The van der Waals surface area contributed by atoms with Crippen LogP contribution in [0.3, 0.4) is 0 Å². The van der Waals surface area contributed by atoms with Crippen LogP contribution in [0.4, 0.5) is 0 Å². The molecule has 1 aliphatic rings. The highest BCUT2D eigenvalue weighted by atomic mass is 79.9. The topological polar surface area (TPSA) is 68.2 Å². The molecule has 1 aliphatic heterocycles. The molecular formula is C14H17BrN4O. The molecule has 1 aromatic carbocycles. The lowest BCUT2D eigenvalue weighted by molar-refractivity contribution is 0.226. The Morgan fingerprint density at radius 3 is 3.00 bits per heavy atom. The van der Waals surface area contributed by atoms with Crippen molar-refractivity contribution in [2.75, 3.05) is 13.1 Å². The zero-order valence-electron chi connectivity index (χ0n) is 11.1. The van der Waals surface area contributed by atoms with Gasteiger partial charge in [-0.2, -0.15) is 0 Å². The molecule has 1 aromatic heterocycles. The predicted molar refractivity (Wildman–Crippen MR) is 79.9 cm³/mol. The van der Waals surface area contributed by atoms with E-state index in [2.05, 4.69) is 31.0 Å². The molecule has 0 radical (unpaired) electrons. The summed E-state index contributed by atoms with van der Waals surface area (Å²) < 4.78 is 6.73. The maximum absolute atomic E-state index is 5.78. The van der Waals surface area contributed by atoms with E-state index in [0.717, 1.165) is 23.0 Å². The van der Waals surface area contributed by atoms with Gasteiger partial charge in [0.05, 0.1) is 12.1 Å². The summed E-state index contributed by atoms with van der Waals surface area (Å²) in [4.78, 5) is 2.32. The number of hydrogen-bond acceptors (Lipinski definition) is 5. The molecule has 0 saturated carbocycles. The molecule has 1 fully saturated rings. The van der Waals surface area contributed by atoms with E-state index in [1.54, 1.807) is 0 Å². The van der Waals surface area contributed by atoms with Crippen molar-refractivity contribution in [3.05, 3.63) is 34.6 Å². The Hall–Kier alpha value is -1.24. The second-order valence-electron chi connectivity index (χ2n) is 4.98. The van der Waals surface area contributed by atoms with E-state index >= 15 is 0 Å². The normalized spacial score (nSPS) is 19.6. The number of benzene rings is 1. The maximum atomic E-state index is 5.78. The zero-order chi connectivity index (χ0) is 13.9. The van der Waals surface area contributed by atoms with Crippen LogP contribution in [0.1, 0.15) is 18.7 Å². The number of rotatable bonds is 4. The summed E-state index contributed by atoms with van der Waals surface area (Å²) in [5.41, 5.74) is 6.70. The number of nitrogens with zero attached hydrogens (tertiary/aromatic N) is 3. The lowest BCUT2D eigenvalue weighted by Crippen LogP contribution is -2.34. The third-order valence-electron chi connectivity index (χ3n) is 3.68. The molecule has 5 nitrogen and oxygen atoms in total. The number of hydrogen-bond donors (Lipinski definition) is 1. The van der Waals surface area contributed by atoms with Gasteiger partial charge in [-0.3, -0.25) is 4.90 Å². The van der Waals surface area contributed by atoms with Gasteiger partial charge in [0.15, 0.2) is 0 Å². The van der Waals surface area contributed by atoms with E-state index in [4.69, 9.17) is 10.2 Å². The van der Waals surface area contributed by atoms with Crippen LogP contribution >= 0.6 is 15.9 Å². The molecule has 2 aromatic rings. The molecule has 0 bridgehead atoms. The summed E-state index contributed by atoms with van der Waals surface area (Å²) >= 11 is 3.50. The monoisotopic (exact) mass is 336 g/mol. The lowest BCUT2D eigenvalue weighted by atomic mass is 10.2. The van der Waals surface area contributed by atoms with Crippen molar-refractivity contribution in [1.29, 1.82) is 0 Å². The molecule has 2 heterocycles. The minimum Gasteiger partial charge on any atom is -0.419 e. The van der Waals surface area contributed by atoms with Crippen molar-refractivity contribution in [3.8, 4) is 11.5 Å². The molecule has 1 saturated heterocycles. The van der Waals surface area contributed by atoms with Crippen molar-refractivity contribution in [2.24, 2.45) is 5.73 Å². The van der Waals surface area contributed by atoms with Crippen molar-refractivity contribution in [2.45, 2.75) is 25.4 Å². The second-order valence-corrected chi connectivity index (χ2v) is 5.84. The summed E-state index contributed by atoms with van der Waals surface area (Å²) in [6.07, 6.45) is 2.34. The zero-order valence-corrected chi connectivity index (χ0v) is 12.7. The van der Waals surface area contributed by atoms with Crippen molar-refractivity contribution in [1.82, 2.24) is 15.1 Å². The van der Waals surface area contributed by atoms with Gasteiger partial charge in [-0.25, -0.2) is 0 Å². The lowest BCUT2D eigenvalue weighted by Gasteiger charge is -2.20. The van der Waals surface area contributed by atoms with E-state index in [1.165, 1.54) is 6.42 Å². The first-order valence-electron chi connectivity index (χ1n) is 6.79. The fourth-order valence-electron chi connectivity index (χ4n) is 2.60. The smallest absolute Gasteiger partial charge is 0.248 e. The molecule has 0 spiro atoms. The highest BCUT2D eigenvalue weighted by molar-refractivity contribution is 9.10. The minimum absolute atomic E-state index is 0.439. The first kappa shape index (κ1) is 13.7. The van der Waals surface area contributed by atoms with Gasteiger partial charge in [-0.15, -0.1) is 10.2 Å². The van der Waals surface area contributed by atoms with Crippen LogP contribution in [0.25, 0.3) is 11.5 Å². The van der Waals surface area contributed by atoms with Crippen molar-refractivity contribution in [3.63, 3.8) is 0 Å². The molecule has 0 aliphatic carbocycles. The predicted octanol–water partition coefficient (Wildman–Crippen LogP) is 2.42. The van der Waals surface area contributed by atoms with Gasteiger partial charge in [0, 0.05) is 17.1 Å². The average molecular weight is 337 g/mol. The van der Waals surface area contributed by atoms with Crippen LogP contribution in [0.2, 0.25) is 0 Å². The van der Waals surface area contributed by atoms with Gasteiger partial charge >= 0.3 is 0 Å². The van der Waals surface area contributed by atoms with E-state index in [9.17, 15) is 0 Å². The molecule has 0 amide bonds. The summed E-state index contributed by atoms with van der Waals surface area (Å²) in [6.45, 7) is 2.42. The highest BCUT2D eigenvalue weighted by Gasteiger charge is 2.25. The molecule has 1 unspecified atom stereocenters. The van der Waals surface area contributed by atoms with E-state index in [0.29, 0.717) is 30.9 Å². The Labute approximate surface area is 126 Å². The first-order valence-corrected chi connectivity index (χ1v) is 7.58. The number of nitrogens with two attached hydrogens (primary N) is 1. The second kappa shape index (κ2) is 6.03. The van der Waals surface area contributed by atoms with Crippen molar-refractivity contribution < 1.29 is 4.42 Å². The Morgan fingerprint density at radius 2 is 2.20 bits per heavy atom. The average Bonchev–Trinajstić information content (AvgIpc) is 3.09. The third kappa shape index (κ3) is 2.77. The fourth-order valence-corrected chi connectivity index (χ4v) is 3.06. The number of aromatic nitrogens is 2. The Bertz CT molecular complexity index is 586. The van der Waals surface area contributed by atoms with E-state index < -0.39 is 0 Å². The SMILES string of the molecule is NCC1CCCN1Cc1nnc(-c2ccccc2Br)o1. The molecule has 6 heteroatoms. The van der Waals surface area contributed by atoms with Crippen LogP contribution in [0.15, 0.2) is 33.2 Å². The van der Waals surface area contributed by atoms with Gasteiger partial charge in [0.1, 0.15) is 0 Å². The summed E-state index contributed by atoms with van der Waals surface area (Å²) in [6, 6.07) is 8.27. The maximum Gasteiger partial charge on any atom is 0.248 e. The van der Waals surface area contributed by atoms with Crippen LogP contribution in [-0.4, -0.2) is 34.2 Å². The Morgan fingerprint density at radius 1 is 1.35 bits per heavy atom. The van der Waals surface area contributed by atoms with Crippen LogP contribution < -0.4 is 5.73 Å². The van der Waals surface area contributed by atoms with Gasteiger partial charge in [-0.05, 0) is 47.4 Å². The molecule has 2 N–H and O–H groups in total. The van der Waals surface area contributed by atoms with Gasteiger partial charge in [0.25, 0.3) is 0 Å². The van der Waals surface area contributed by atoms with Gasteiger partial charge < -0.3 is 10.2 Å². The minimum atomic E-state index is 0.439. The molecule has 20 heavy (non-hydrogen) atoms. The number of halogens is 1. The van der Waals surface area contributed by atoms with Crippen LogP contribution in [0.5, 0.6) is 0 Å². The van der Waals surface area contributed by atoms with Crippen LogP contribution in [-0.2, 0) is 6.54 Å². The quantitative estimate of drug-likeness (QED) is 0.928. The molecular weight excluding hydrogens is 320 g/mol. The van der Waals surface area contributed by atoms with Crippen molar-refractivity contribution >= 4 is 15.9 Å². The largest absolute Gasteiger partial charge is 0.419 e. The Balaban J connectivity index is 1.76. The molecule has 106 valence electrons. The molecule has 1 atom stereocenters. The van der Waals surface area contributed by atoms with E-state index in [-0.39, 0.29) is 0 Å². The third-order valence-corrected chi connectivity index (χ3v) is 4.37. The van der Waals surface area contributed by atoms with E-state index in [1.807, 2.05) is 24.3 Å².